The number of rotatable bonds is 3. The van der Waals surface area contributed by atoms with Gasteiger partial charge in [0.2, 0.25) is 5.91 Å². The average Bonchev–Trinajstić information content (AvgIpc) is 2.37. The molecule has 3 atom stereocenters. The van der Waals surface area contributed by atoms with Crippen LogP contribution in [0.3, 0.4) is 0 Å². The largest absolute Gasteiger partial charge is 0.374 e. The number of likely N-dealkylation sites (N-methyl/N-ethyl adjacent to an activating group) is 1. The van der Waals surface area contributed by atoms with Crippen molar-refractivity contribution in [1.82, 2.24) is 15.5 Å². The van der Waals surface area contributed by atoms with Gasteiger partial charge in [0.15, 0.2) is 0 Å². The molecule has 5 nitrogen and oxygen atoms in total. The number of hydrogen-bond donors (Lipinski definition) is 2. The lowest BCUT2D eigenvalue weighted by atomic mass is 9.95. The molecule has 3 unspecified atom stereocenters. The predicted molar refractivity (Wildman–Crippen MR) is 70.4 cm³/mol. The molecular formula is C13H25N3O2. The zero-order valence-electron chi connectivity index (χ0n) is 11.4. The maximum Gasteiger partial charge on any atom is 0.224 e. The first kappa shape index (κ1) is 13.8. The van der Waals surface area contributed by atoms with E-state index in [0.29, 0.717) is 12.6 Å². The third kappa shape index (κ3) is 3.93. The lowest BCUT2D eigenvalue weighted by molar-refractivity contribution is -0.126. The first-order valence-corrected chi connectivity index (χ1v) is 6.96. The van der Waals surface area contributed by atoms with Crippen molar-refractivity contribution in [2.24, 2.45) is 5.92 Å². The van der Waals surface area contributed by atoms with Crippen molar-refractivity contribution >= 4 is 5.91 Å². The third-order valence-corrected chi connectivity index (χ3v) is 3.88. The average molecular weight is 255 g/mol. The summed E-state index contributed by atoms with van der Waals surface area (Å²) in [7, 11) is 2.09. The number of amides is 1. The maximum absolute atomic E-state index is 12.0. The Morgan fingerprint density at radius 2 is 2.33 bits per heavy atom. The molecule has 1 amide bonds. The smallest absolute Gasteiger partial charge is 0.224 e. The molecular weight excluding hydrogens is 230 g/mol. The zero-order chi connectivity index (χ0) is 13.0. The van der Waals surface area contributed by atoms with Gasteiger partial charge >= 0.3 is 0 Å². The number of nitrogens with zero attached hydrogens (tertiary/aromatic N) is 1. The van der Waals surface area contributed by atoms with Gasteiger partial charge in [-0.25, -0.2) is 0 Å². The predicted octanol–water partition coefficient (Wildman–Crippen LogP) is -0.179. The van der Waals surface area contributed by atoms with E-state index < -0.39 is 0 Å². The number of morpholine rings is 1. The van der Waals surface area contributed by atoms with Gasteiger partial charge < -0.3 is 20.3 Å². The number of ether oxygens (including phenoxy) is 1. The molecule has 0 aromatic carbocycles. The highest BCUT2D eigenvalue weighted by Gasteiger charge is 2.25. The molecule has 2 fully saturated rings. The van der Waals surface area contributed by atoms with E-state index in [1.165, 1.54) is 0 Å². The number of piperidine rings is 1. The van der Waals surface area contributed by atoms with E-state index in [1.54, 1.807) is 0 Å². The summed E-state index contributed by atoms with van der Waals surface area (Å²) < 4.78 is 5.63. The van der Waals surface area contributed by atoms with Crippen LogP contribution < -0.4 is 10.6 Å². The van der Waals surface area contributed by atoms with Crippen LogP contribution >= 0.6 is 0 Å². The summed E-state index contributed by atoms with van der Waals surface area (Å²) in [4.78, 5) is 14.2. The normalized spacial score (nSPS) is 34.2. The summed E-state index contributed by atoms with van der Waals surface area (Å²) in [6, 6.07) is 0.546. The van der Waals surface area contributed by atoms with Gasteiger partial charge in [-0.15, -0.1) is 0 Å². The van der Waals surface area contributed by atoms with Gasteiger partial charge in [-0.2, -0.15) is 0 Å². The lowest BCUT2D eigenvalue weighted by Crippen LogP contribution is -2.49. The van der Waals surface area contributed by atoms with Crippen LogP contribution in [0.5, 0.6) is 0 Å². The molecule has 5 heteroatoms. The van der Waals surface area contributed by atoms with Gasteiger partial charge in [-0.1, -0.05) is 0 Å². The molecule has 0 aromatic rings. The van der Waals surface area contributed by atoms with Crippen LogP contribution in [0.4, 0.5) is 0 Å². The van der Waals surface area contributed by atoms with Crippen molar-refractivity contribution in [3.63, 3.8) is 0 Å². The monoisotopic (exact) mass is 255 g/mol. The standard InChI is InChI=1S/C13H25N3O2/c1-10-3-4-11(7-14-10)13(17)15-8-12-9-16(2)5-6-18-12/h10-12,14H,3-9H2,1-2H3,(H,15,17). The Morgan fingerprint density at radius 1 is 1.50 bits per heavy atom. The molecule has 104 valence electrons. The third-order valence-electron chi connectivity index (χ3n) is 3.88. The van der Waals surface area contributed by atoms with Crippen molar-refractivity contribution in [2.45, 2.75) is 31.9 Å². The Balaban J connectivity index is 1.68. The molecule has 0 aromatic heterocycles. The van der Waals surface area contributed by atoms with Crippen molar-refractivity contribution in [3.8, 4) is 0 Å². The van der Waals surface area contributed by atoms with E-state index in [0.717, 1.165) is 39.1 Å². The van der Waals surface area contributed by atoms with Crippen LogP contribution in [-0.2, 0) is 9.53 Å². The molecule has 2 N–H and O–H groups in total. The summed E-state index contributed by atoms with van der Waals surface area (Å²) in [5, 5.41) is 6.38. The van der Waals surface area contributed by atoms with Gasteiger partial charge in [0, 0.05) is 32.2 Å². The summed E-state index contributed by atoms with van der Waals surface area (Å²) in [6.07, 6.45) is 2.22. The van der Waals surface area contributed by atoms with Gasteiger partial charge in [0.25, 0.3) is 0 Å². The van der Waals surface area contributed by atoms with Crippen LogP contribution in [0.25, 0.3) is 0 Å². The maximum atomic E-state index is 12.0. The Morgan fingerprint density at radius 3 is 3.00 bits per heavy atom. The second-order valence-corrected chi connectivity index (χ2v) is 5.58. The minimum atomic E-state index is 0.127. The molecule has 0 bridgehead atoms. The minimum absolute atomic E-state index is 0.127. The Hall–Kier alpha value is -0.650. The molecule has 0 spiro atoms. The highest BCUT2D eigenvalue weighted by Crippen LogP contribution is 2.14. The number of hydrogen-bond acceptors (Lipinski definition) is 4. The molecule has 0 radical (unpaired) electrons. The number of nitrogens with one attached hydrogen (secondary N) is 2. The Bertz CT molecular complexity index is 277. The van der Waals surface area contributed by atoms with Crippen molar-refractivity contribution < 1.29 is 9.53 Å². The van der Waals surface area contributed by atoms with Crippen LogP contribution in [0.2, 0.25) is 0 Å². The molecule has 18 heavy (non-hydrogen) atoms. The van der Waals surface area contributed by atoms with E-state index in [4.69, 9.17) is 4.74 Å². The summed E-state index contributed by atoms with van der Waals surface area (Å²) >= 11 is 0. The van der Waals surface area contributed by atoms with Gasteiger partial charge in [-0.05, 0) is 26.8 Å². The second-order valence-electron chi connectivity index (χ2n) is 5.58. The first-order chi connectivity index (χ1) is 8.65. The Kier molecular flexibility index (Phi) is 4.97. The second kappa shape index (κ2) is 6.50. The van der Waals surface area contributed by atoms with Crippen LogP contribution in [0.15, 0.2) is 0 Å². The summed E-state index contributed by atoms with van der Waals surface area (Å²) in [6.45, 7) is 6.25. The highest BCUT2D eigenvalue weighted by molar-refractivity contribution is 5.79. The molecule has 2 aliphatic heterocycles. The minimum Gasteiger partial charge on any atom is -0.374 e. The van der Waals surface area contributed by atoms with Crippen LogP contribution in [0.1, 0.15) is 19.8 Å². The fraction of sp³-hybridized carbons (Fsp3) is 0.923. The van der Waals surface area contributed by atoms with Crippen molar-refractivity contribution in [1.29, 1.82) is 0 Å². The fourth-order valence-electron chi connectivity index (χ4n) is 2.57. The molecule has 2 heterocycles. The van der Waals surface area contributed by atoms with Gasteiger partial charge in [0.1, 0.15) is 0 Å². The zero-order valence-corrected chi connectivity index (χ0v) is 11.4. The van der Waals surface area contributed by atoms with Gasteiger partial charge in [0.05, 0.1) is 18.6 Å². The van der Waals surface area contributed by atoms with E-state index in [1.807, 2.05) is 0 Å². The number of carbonyl (C=O) groups excluding carboxylic acids is 1. The topological polar surface area (TPSA) is 53.6 Å². The van der Waals surface area contributed by atoms with E-state index in [2.05, 4.69) is 29.5 Å². The molecule has 0 saturated carbocycles. The highest BCUT2D eigenvalue weighted by atomic mass is 16.5. The SMILES string of the molecule is CC1CCC(C(=O)NCC2CN(C)CCO2)CN1. The molecule has 2 aliphatic rings. The van der Waals surface area contributed by atoms with Crippen LogP contribution in [0, 0.1) is 5.92 Å². The molecule has 2 rings (SSSR count). The Labute approximate surface area is 109 Å². The quantitative estimate of drug-likeness (QED) is 0.735. The lowest BCUT2D eigenvalue weighted by Gasteiger charge is -2.31. The summed E-state index contributed by atoms with van der Waals surface area (Å²) in [5.74, 6) is 0.300. The van der Waals surface area contributed by atoms with Gasteiger partial charge in [-0.3, -0.25) is 4.79 Å². The van der Waals surface area contributed by atoms with Crippen LogP contribution in [-0.4, -0.2) is 62.8 Å². The summed E-state index contributed by atoms with van der Waals surface area (Å²) in [5.41, 5.74) is 0. The molecule has 0 aliphatic carbocycles. The molecule has 2 saturated heterocycles. The van der Waals surface area contributed by atoms with E-state index >= 15 is 0 Å². The van der Waals surface area contributed by atoms with E-state index in [9.17, 15) is 4.79 Å². The number of carbonyl (C=O) groups is 1. The van der Waals surface area contributed by atoms with Crippen molar-refractivity contribution in [2.75, 3.05) is 39.8 Å². The fourth-order valence-corrected chi connectivity index (χ4v) is 2.57. The first-order valence-electron chi connectivity index (χ1n) is 6.96. The van der Waals surface area contributed by atoms with E-state index in [-0.39, 0.29) is 17.9 Å². The van der Waals surface area contributed by atoms with Crippen molar-refractivity contribution in [3.05, 3.63) is 0 Å².